The quantitative estimate of drug-likeness (QED) is 0.252. The number of aromatic amines is 1. The van der Waals surface area contributed by atoms with Crippen LogP contribution in [0.1, 0.15) is 46.2 Å². The average molecular weight is 464 g/mol. The smallest absolute Gasteiger partial charge is 0.339 e. The lowest BCUT2D eigenvalue weighted by Crippen LogP contribution is -2.07. The van der Waals surface area contributed by atoms with E-state index in [9.17, 15) is 14.7 Å². The minimum Gasteiger partial charge on any atom is -0.478 e. The van der Waals surface area contributed by atoms with Crippen LogP contribution in [0.3, 0.4) is 0 Å². The van der Waals surface area contributed by atoms with Gasteiger partial charge in [0.05, 0.1) is 0 Å². The molecule has 2 N–H and O–H groups in total. The number of carboxylic acids is 1. The van der Waals surface area contributed by atoms with Crippen molar-refractivity contribution in [2.75, 3.05) is 0 Å². The van der Waals surface area contributed by atoms with Crippen LogP contribution in [0.15, 0.2) is 78.9 Å². The summed E-state index contributed by atoms with van der Waals surface area (Å²) < 4.78 is 5.13. The van der Waals surface area contributed by atoms with E-state index in [4.69, 9.17) is 4.74 Å². The molecule has 1 heterocycles. The van der Waals surface area contributed by atoms with E-state index in [0.717, 1.165) is 52.8 Å². The van der Waals surface area contributed by atoms with Gasteiger partial charge in [-0.25, -0.2) is 4.79 Å². The van der Waals surface area contributed by atoms with Gasteiger partial charge in [0.2, 0.25) is 0 Å². The van der Waals surface area contributed by atoms with Gasteiger partial charge >= 0.3 is 11.9 Å². The Kier molecular flexibility index (Phi) is 6.06. The number of allylic oxidation sites excluding steroid dienone is 1. The third kappa shape index (κ3) is 4.66. The Morgan fingerprint density at radius 2 is 1.80 bits per heavy atom. The standard InChI is InChI=1S/C30H25NO4/c1-19(32)35-28-15-14-21(18-26(28)30(33)34)25-12-7-11-23(29(25)20-8-3-2-4-9-20)17-24-16-22-10-5-6-13-27(22)31-24/h2-4,6-9,11-16,18,31H,5,10,17H2,1H3,(H,33,34). The number of rotatable bonds is 6. The van der Waals surface area contributed by atoms with Crippen LogP contribution in [-0.2, 0) is 17.6 Å². The lowest BCUT2D eigenvalue weighted by Gasteiger charge is -2.17. The molecule has 0 saturated carbocycles. The van der Waals surface area contributed by atoms with E-state index in [-0.39, 0.29) is 11.3 Å². The van der Waals surface area contributed by atoms with Gasteiger partial charge in [0.25, 0.3) is 0 Å². The van der Waals surface area contributed by atoms with E-state index in [2.05, 4.69) is 41.4 Å². The Hall–Kier alpha value is -4.38. The van der Waals surface area contributed by atoms with Crippen LogP contribution in [0.25, 0.3) is 28.3 Å². The highest BCUT2D eigenvalue weighted by molar-refractivity contribution is 5.95. The van der Waals surface area contributed by atoms with E-state index in [1.54, 1.807) is 18.2 Å². The van der Waals surface area contributed by atoms with Gasteiger partial charge in [0.1, 0.15) is 11.3 Å². The van der Waals surface area contributed by atoms with Gasteiger partial charge in [-0.2, -0.15) is 0 Å². The second-order valence-electron chi connectivity index (χ2n) is 8.67. The minimum atomic E-state index is -1.15. The average Bonchev–Trinajstić information content (AvgIpc) is 3.26. The molecule has 0 unspecified atom stereocenters. The van der Waals surface area contributed by atoms with Crippen LogP contribution < -0.4 is 4.74 Å². The first kappa shape index (κ1) is 22.4. The van der Waals surface area contributed by atoms with E-state index >= 15 is 0 Å². The molecule has 0 bridgehead atoms. The van der Waals surface area contributed by atoms with Gasteiger partial charge in [0.15, 0.2) is 0 Å². The Bertz CT molecular complexity index is 1450. The Labute approximate surface area is 203 Å². The molecule has 0 saturated heterocycles. The van der Waals surface area contributed by atoms with Crippen molar-refractivity contribution in [3.63, 3.8) is 0 Å². The van der Waals surface area contributed by atoms with Crippen LogP contribution in [0, 0.1) is 0 Å². The zero-order chi connectivity index (χ0) is 24.4. The normalized spacial score (nSPS) is 12.3. The number of esters is 1. The summed E-state index contributed by atoms with van der Waals surface area (Å²) in [5, 5.41) is 9.76. The molecule has 174 valence electrons. The molecule has 0 spiro atoms. The molecule has 5 heteroatoms. The van der Waals surface area contributed by atoms with Crippen LogP contribution >= 0.6 is 0 Å². The van der Waals surface area contributed by atoms with Crippen LogP contribution in [-0.4, -0.2) is 22.0 Å². The second-order valence-corrected chi connectivity index (χ2v) is 8.67. The number of fused-ring (bicyclic) bond motifs is 1. The fraction of sp³-hybridized carbons (Fsp3) is 0.133. The highest BCUT2D eigenvalue weighted by Gasteiger charge is 2.19. The number of hydrogen-bond donors (Lipinski definition) is 2. The number of carbonyl (C=O) groups is 2. The lowest BCUT2D eigenvalue weighted by atomic mass is 9.88. The predicted molar refractivity (Wildman–Crippen MR) is 137 cm³/mol. The summed E-state index contributed by atoms with van der Waals surface area (Å²) in [6.07, 6.45) is 7.16. The zero-order valence-corrected chi connectivity index (χ0v) is 19.4. The summed E-state index contributed by atoms with van der Waals surface area (Å²) in [5.74, 6) is -1.67. The van der Waals surface area contributed by atoms with Crippen molar-refractivity contribution in [1.82, 2.24) is 4.98 Å². The van der Waals surface area contributed by atoms with E-state index < -0.39 is 11.9 Å². The molecule has 1 aliphatic carbocycles. The van der Waals surface area contributed by atoms with Gasteiger partial charge in [-0.05, 0) is 70.5 Å². The highest BCUT2D eigenvalue weighted by Crippen LogP contribution is 2.38. The molecule has 0 aliphatic heterocycles. The van der Waals surface area contributed by atoms with E-state index in [1.807, 2.05) is 30.3 Å². The molecule has 1 aliphatic rings. The van der Waals surface area contributed by atoms with Crippen molar-refractivity contribution in [3.8, 4) is 28.0 Å². The fourth-order valence-electron chi connectivity index (χ4n) is 4.72. The third-order valence-corrected chi connectivity index (χ3v) is 6.22. The van der Waals surface area contributed by atoms with Gasteiger partial charge < -0.3 is 14.8 Å². The molecule has 5 nitrogen and oxygen atoms in total. The summed E-state index contributed by atoms with van der Waals surface area (Å²) in [7, 11) is 0. The Morgan fingerprint density at radius 1 is 0.971 bits per heavy atom. The number of ether oxygens (including phenoxy) is 1. The SMILES string of the molecule is CC(=O)Oc1ccc(-c2cccc(Cc3cc4c([nH]3)C=CCC4)c2-c2ccccc2)cc1C(=O)O. The third-order valence-electron chi connectivity index (χ3n) is 6.22. The number of carboxylic acid groups (broad SMARTS) is 1. The molecule has 0 atom stereocenters. The van der Waals surface area contributed by atoms with Crippen LogP contribution in [0.5, 0.6) is 5.75 Å². The molecule has 35 heavy (non-hydrogen) atoms. The van der Waals surface area contributed by atoms with Crippen molar-refractivity contribution < 1.29 is 19.4 Å². The predicted octanol–water partition coefficient (Wildman–Crippen LogP) is 6.52. The molecular weight excluding hydrogens is 438 g/mol. The van der Waals surface area contributed by atoms with Crippen molar-refractivity contribution >= 4 is 18.0 Å². The first-order valence-electron chi connectivity index (χ1n) is 11.6. The molecule has 0 fully saturated rings. The molecule has 0 radical (unpaired) electrons. The number of aromatic carboxylic acids is 1. The van der Waals surface area contributed by atoms with Gasteiger partial charge in [0, 0.05) is 24.7 Å². The van der Waals surface area contributed by atoms with Gasteiger partial charge in [-0.15, -0.1) is 0 Å². The highest BCUT2D eigenvalue weighted by atomic mass is 16.5. The van der Waals surface area contributed by atoms with Crippen molar-refractivity contribution in [1.29, 1.82) is 0 Å². The summed E-state index contributed by atoms with van der Waals surface area (Å²) in [6, 6.07) is 23.4. The largest absolute Gasteiger partial charge is 0.478 e. The zero-order valence-electron chi connectivity index (χ0n) is 19.4. The maximum atomic E-state index is 11.9. The summed E-state index contributed by atoms with van der Waals surface area (Å²) in [5.41, 5.74) is 8.51. The topological polar surface area (TPSA) is 79.4 Å². The molecule has 1 aromatic heterocycles. The first-order chi connectivity index (χ1) is 17.0. The summed E-state index contributed by atoms with van der Waals surface area (Å²) in [6.45, 7) is 1.25. The number of aromatic nitrogens is 1. The first-order valence-corrected chi connectivity index (χ1v) is 11.6. The Morgan fingerprint density at radius 3 is 2.54 bits per heavy atom. The maximum Gasteiger partial charge on any atom is 0.339 e. The molecule has 3 aromatic carbocycles. The van der Waals surface area contributed by atoms with Crippen molar-refractivity contribution in [2.45, 2.75) is 26.2 Å². The van der Waals surface area contributed by atoms with E-state index in [0.29, 0.717) is 0 Å². The number of carbonyl (C=O) groups excluding carboxylic acids is 1. The monoisotopic (exact) mass is 463 g/mol. The summed E-state index contributed by atoms with van der Waals surface area (Å²) >= 11 is 0. The van der Waals surface area contributed by atoms with Crippen molar-refractivity contribution in [3.05, 3.63) is 107 Å². The van der Waals surface area contributed by atoms with Crippen molar-refractivity contribution in [2.24, 2.45) is 0 Å². The summed E-state index contributed by atoms with van der Waals surface area (Å²) in [4.78, 5) is 27.0. The Balaban J connectivity index is 1.64. The minimum absolute atomic E-state index is 0.0381. The number of hydrogen-bond acceptors (Lipinski definition) is 3. The fourth-order valence-corrected chi connectivity index (χ4v) is 4.72. The molecule has 4 aromatic rings. The molecule has 0 amide bonds. The van der Waals surface area contributed by atoms with Gasteiger partial charge in [-0.1, -0.05) is 60.7 Å². The molecular formula is C30H25NO4. The molecule has 5 rings (SSSR count). The number of benzene rings is 3. The van der Waals surface area contributed by atoms with Crippen LogP contribution in [0.2, 0.25) is 0 Å². The maximum absolute atomic E-state index is 11.9. The number of H-pyrrole nitrogens is 1. The number of aryl methyl sites for hydroxylation is 1. The van der Waals surface area contributed by atoms with E-state index in [1.165, 1.54) is 18.2 Å². The van der Waals surface area contributed by atoms with Crippen LogP contribution in [0.4, 0.5) is 0 Å². The van der Waals surface area contributed by atoms with Gasteiger partial charge in [-0.3, -0.25) is 4.79 Å². The second kappa shape index (κ2) is 9.47. The number of nitrogens with one attached hydrogen (secondary N) is 1. The lowest BCUT2D eigenvalue weighted by molar-refractivity contribution is -0.131.